The summed E-state index contributed by atoms with van der Waals surface area (Å²) >= 11 is 0. The van der Waals surface area contributed by atoms with Crippen LogP contribution in [0.2, 0.25) is 0 Å². The minimum atomic E-state index is -0.316. The Morgan fingerprint density at radius 1 is 1.21 bits per heavy atom. The molecule has 0 radical (unpaired) electrons. The van der Waals surface area contributed by atoms with E-state index in [0.717, 1.165) is 5.57 Å². The van der Waals surface area contributed by atoms with Crippen LogP contribution >= 0.6 is 0 Å². The van der Waals surface area contributed by atoms with Crippen molar-refractivity contribution in [1.29, 1.82) is 0 Å². The Labute approximate surface area is 83.9 Å². The van der Waals surface area contributed by atoms with Crippen molar-refractivity contribution < 1.29 is 19.1 Å². The molecule has 4 nitrogen and oxygen atoms in total. The van der Waals surface area contributed by atoms with Gasteiger partial charge in [-0.1, -0.05) is 6.92 Å². The van der Waals surface area contributed by atoms with E-state index in [1.165, 1.54) is 6.92 Å². The molecular weight excluding hydrogens is 184 g/mol. The minimum Gasteiger partial charge on any atom is -0.461 e. The van der Waals surface area contributed by atoms with E-state index in [4.69, 9.17) is 9.47 Å². The lowest BCUT2D eigenvalue weighted by molar-refractivity contribution is -0.142. The summed E-state index contributed by atoms with van der Waals surface area (Å²) in [4.78, 5) is 21.2. The molecule has 0 heterocycles. The van der Waals surface area contributed by atoms with Crippen molar-refractivity contribution in [3.05, 3.63) is 11.6 Å². The summed E-state index contributed by atoms with van der Waals surface area (Å²) in [5.41, 5.74) is 0.865. The average Bonchev–Trinajstić information content (AvgIpc) is 2.14. The molecule has 0 aliphatic rings. The molecular formula is C10H16O4. The zero-order valence-corrected chi connectivity index (χ0v) is 8.83. The fourth-order valence-electron chi connectivity index (χ4n) is 0.653. The first-order valence-electron chi connectivity index (χ1n) is 4.50. The van der Waals surface area contributed by atoms with E-state index in [1.807, 2.05) is 6.92 Å². The normalized spacial score (nSPS) is 10.9. The average molecular weight is 200 g/mol. The number of ether oxygens (including phenoxy) is 2. The first-order valence-corrected chi connectivity index (χ1v) is 4.50. The quantitative estimate of drug-likeness (QED) is 0.498. The maximum Gasteiger partial charge on any atom is 0.305 e. The van der Waals surface area contributed by atoms with Crippen molar-refractivity contribution in [3.8, 4) is 0 Å². The topological polar surface area (TPSA) is 52.6 Å². The molecule has 80 valence electrons. The molecule has 0 atom stereocenters. The van der Waals surface area contributed by atoms with E-state index in [2.05, 4.69) is 0 Å². The number of rotatable bonds is 5. The molecule has 0 fully saturated rings. The maximum absolute atomic E-state index is 10.7. The molecule has 0 aliphatic carbocycles. The molecule has 0 aromatic heterocycles. The summed E-state index contributed by atoms with van der Waals surface area (Å²) in [5, 5.41) is 0. The minimum absolute atomic E-state index is 0.235. The first-order chi connectivity index (χ1) is 6.56. The zero-order chi connectivity index (χ0) is 11.0. The molecule has 0 saturated carbocycles. The summed E-state index contributed by atoms with van der Waals surface area (Å²) in [6, 6.07) is 0. The molecule has 0 spiro atoms. The van der Waals surface area contributed by atoms with E-state index >= 15 is 0 Å². The third-order valence-electron chi connectivity index (χ3n) is 1.47. The fourth-order valence-corrected chi connectivity index (χ4v) is 0.653. The SMILES string of the molecule is CCC(=O)OC/C=C(\C)COC(C)=O. The smallest absolute Gasteiger partial charge is 0.305 e. The van der Waals surface area contributed by atoms with Crippen LogP contribution in [0.15, 0.2) is 11.6 Å². The van der Waals surface area contributed by atoms with Gasteiger partial charge in [-0.05, 0) is 18.6 Å². The van der Waals surface area contributed by atoms with E-state index < -0.39 is 0 Å². The van der Waals surface area contributed by atoms with Gasteiger partial charge < -0.3 is 9.47 Å². The molecule has 0 aliphatic heterocycles. The molecule has 14 heavy (non-hydrogen) atoms. The second kappa shape index (κ2) is 7.12. The van der Waals surface area contributed by atoms with Crippen LogP contribution in [0.4, 0.5) is 0 Å². The monoisotopic (exact) mass is 200 g/mol. The van der Waals surface area contributed by atoms with Crippen LogP contribution in [0.5, 0.6) is 0 Å². The predicted octanol–water partition coefficient (Wildman–Crippen LogP) is 1.45. The van der Waals surface area contributed by atoms with E-state index in [0.29, 0.717) is 6.42 Å². The number of esters is 2. The van der Waals surface area contributed by atoms with Gasteiger partial charge in [0, 0.05) is 13.3 Å². The van der Waals surface area contributed by atoms with Crippen molar-refractivity contribution in [2.24, 2.45) is 0 Å². The van der Waals surface area contributed by atoms with Gasteiger partial charge >= 0.3 is 11.9 Å². The highest BCUT2D eigenvalue weighted by Crippen LogP contribution is 1.95. The number of carbonyl (C=O) groups excluding carboxylic acids is 2. The Morgan fingerprint density at radius 3 is 2.36 bits per heavy atom. The van der Waals surface area contributed by atoms with E-state index in [1.54, 1.807) is 13.0 Å². The molecule has 0 aromatic carbocycles. The molecule has 4 heteroatoms. The van der Waals surface area contributed by atoms with Gasteiger partial charge in [0.1, 0.15) is 13.2 Å². The molecule has 0 unspecified atom stereocenters. The Kier molecular flexibility index (Phi) is 6.45. The van der Waals surface area contributed by atoms with Gasteiger partial charge in [-0.25, -0.2) is 0 Å². The number of hydrogen-bond acceptors (Lipinski definition) is 4. The Balaban J connectivity index is 3.66. The highest BCUT2D eigenvalue weighted by molar-refractivity contribution is 5.69. The van der Waals surface area contributed by atoms with Gasteiger partial charge in [0.05, 0.1) is 0 Å². The van der Waals surface area contributed by atoms with Crippen molar-refractivity contribution in [2.75, 3.05) is 13.2 Å². The summed E-state index contributed by atoms with van der Waals surface area (Å²) in [7, 11) is 0. The molecule has 0 aromatic rings. The van der Waals surface area contributed by atoms with E-state index in [-0.39, 0.29) is 25.2 Å². The lowest BCUT2D eigenvalue weighted by Crippen LogP contribution is -2.05. The van der Waals surface area contributed by atoms with Crippen LogP contribution in [-0.4, -0.2) is 25.2 Å². The van der Waals surface area contributed by atoms with Crippen LogP contribution in [0.1, 0.15) is 27.2 Å². The molecule has 0 N–H and O–H groups in total. The third kappa shape index (κ3) is 7.34. The molecule has 0 rings (SSSR count). The van der Waals surface area contributed by atoms with Gasteiger partial charge in [-0.2, -0.15) is 0 Å². The van der Waals surface area contributed by atoms with Crippen LogP contribution < -0.4 is 0 Å². The standard InChI is InChI=1S/C10H16O4/c1-4-10(12)13-6-5-8(2)7-14-9(3)11/h5H,4,6-7H2,1-3H3/b8-5+. The Morgan fingerprint density at radius 2 is 1.86 bits per heavy atom. The van der Waals surface area contributed by atoms with Crippen LogP contribution in [0.25, 0.3) is 0 Å². The summed E-state index contributed by atoms with van der Waals surface area (Å²) in [6.45, 7) is 5.38. The summed E-state index contributed by atoms with van der Waals surface area (Å²) in [6.07, 6.45) is 2.09. The van der Waals surface area contributed by atoms with Crippen LogP contribution in [0.3, 0.4) is 0 Å². The highest BCUT2D eigenvalue weighted by Gasteiger charge is 1.97. The van der Waals surface area contributed by atoms with Gasteiger partial charge in [0.15, 0.2) is 0 Å². The summed E-state index contributed by atoms with van der Waals surface area (Å²) in [5.74, 6) is -0.551. The predicted molar refractivity (Wildman–Crippen MR) is 51.6 cm³/mol. The van der Waals surface area contributed by atoms with Crippen molar-refractivity contribution >= 4 is 11.9 Å². The van der Waals surface area contributed by atoms with Gasteiger partial charge in [0.25, 0.3) is 0 Å². The third-order valence-corrected chi connectivity index (χ3v) is 1.47. The Hall–Kier alpha value is -1.32. The van der Waals surface area contributed by atoms with Gasteiger partial charge in [-0.3, -0.25) is 9.59 Å². The van der Waals surface area contributed by atoms with E-state index in [9.17, 15) is 9.59 Å². The highest BCUT2D eigenvalue weighted by atomic mass is 16.5. The van der Waals surface area contributed by atoms with Crippen LogP contribution in [-0.2, 0) is 19.1 Å². The first kappa shape index (κ1) is 12.7. The fraction of sp³-hybridized carbons (Fsp3) is 0.600. The summed E-state index contributed by atoms with van der Waals surface area (Å²) < 4.78 is 9.55. The number of carbonyl (C=O) groups is 2. The molecule has 0 amide bonds. The van der Waals surface area contributed by atoms with Crippen molar-refractivity contribution in [1.82, 2.24) is 0 Å². The van der Waals surface area contributed by atoms with Crippen molar-refractivity contribution in [2.45, 2.75) is 27.2 Å². The molecule has 0 bridgehead atoms. The molecule has 0 saturated heterocycles. The maximum atomic E-state index is 10.7. The largest absolute Gasteiger partial charge is 0.461 e. The lowest BCUT2D eigenvalue weighted by Gasteiger charge is -2.02. The van der Waals surface area contributed by atoms with Crippen molar-refractivity contribution in [3.63, 3.8) is 0 Å². The second-order valence-corrected chi connectivity index (χ2v) is 2.87. The van der Waals surface area contributed by atoms with Gasteiger partial charge in [0.2, 0.25) is 0 Å². The number of hydrogen-bond donors (Lipinski definition) is 0. The Bertz CT molecular complexity index is 230. The second-order valence-electron chi connectivity index (χ2n) is 2.87. The lowest BCUT2D eigenvalue weighted by atomic mass is 10.3. The van der Waals surface area contributed by atoms with Crippen LogP contribution in [0, 0.1) is 0 Å². The van der Waals surface area contributed by atoms with Gasteiger partial charge in [-0.15, -0.1) is 0 Å². The zero-order valence-electron chi connectivity index (χ0n) is 8.83.